The van der Waals surface area contributed by atoms with E-state index < -0.39 is 0 Å². The van der Waals surface area contributed by atoms with Crippen LogP contribution in [0.3, 0.4) is 0 Å². The first-order valence-electron chi connectivity index (χ1n) is 7.64. The number of amides is 2. The highest BCUT2D eigenvalue weighted by molar-refractivity contribution is 6.02. The second-order valence-corrected chi connectivity index (χ2v) is 5.34. The molecule has 6 heteroatoms. The third-order valence-electron chi connectivity index (χ3n) is 3.45. The van der Waals surface area contributed by atoms with Crippen LogP contribution in [0, 0.1) is 6.92 Å². The third kappa shape index (κ3) is 4.39. The van der Waals surface area contributed by atoms with Crippen molar-refractivity contribution in [2.45, 2.75) is 13.8 Å². The first-order valence-corrected chi connectivity index (χ1v) is 7.64. The average molecular weight is 327 g/mol. The predicted molar refractivity (Wildman–Crippen MR) is 92.9 cm³/mol. The zero-order chi connectivity index (χ0) is 17.5. The van der Waals surface area contributed by atoms with E-state index in [1.165, 1.54) is 6.92 Å². The molecule has 0 radical (unpaired) electrons. The lowest BCUT2D eigenvalue weighted by Gasteiger charge is -2.12. The van der Waals surface area contributed by atoms with Crippen molar-refractivity contribution < 1.29 is 14.3 Å². The molecule has 2 N–H and O–H groups in total. The van der Waals surface area contributed by atoms with Crippen LogP contribution in [0.5, 0.6) is 0 Å². The van der Waals surface area contributed by atoms with Crippen LogP contribution in [-0.2, 0) is 9.53 Å². The number of carbonyl (C=O) groups excluding carboxylic acids is 2. The first kappa shape index (κ1) is 17.6. The normalized spacial score (nSPS) is 10.3. The summed E-state index contributed by atoms with van der Waals surface area (Å²) in [7, 11) is 1.56. The summed E-state index contributed by atoms with van der Waals surface area (Å²) >= 11 is 0. The van der Waals surface area contributed by atoms with Gasteiger partial charge in [0, 0.05) is 26.1 Å². The Balaban J connectivity index is 2.37. The van der Waals surface area contributed by atoms with E-state index in [2.05, 4.69) is 15.6 Å². The highest BCUT2D eigenvalue weighted by Gasteiger charge is 2.15. The van der Waals surface area contributed by atoms with Gasteiger partial charge in [-0.3, -0.25) is 9.59 Å². The summed E-state index contributed by atoms with van der Waals surface area (Å²) in [6, 6.07) is 11.3. The highest BCUT2D eigenvalue weighted by atomic mass is 16.5. The van der Waals surface area contributed by atoms with E-state index in [9.17, 15) is 9.59 Å². The molecule has 2 aromatic rings. The van der Waals surface area contributed by atoms with Crippen molar-refractivity contribution in [1.29, 1.82) is 0 Å². The van der Waals surface area contributed by atoms with E-state index in [0.717, 1.165) is 11.1 Å². The number of hydrogen-bond donors (Lipinski definition) is 2. The number of hydrogen-bond acceptors (Lipinski definition) is 4. The maximum Gasteiger partial charge on any atom is 0.255 e. The van der Waals surface area contributed by atoms with Crippen LogP contribution in [0.4, 0.5) is 5.82 Å². The predicted octanol–water partition coefficient (Wildman–Crippen LogP) is 2.39. The van der Waals surface area contributed by atoms with Gasteiger partial charge < -0.3 is 15.4 Å². The van der Waals surface area contributed by atoms with Crippen molar-refractivity contribution in [2.75, 3.05) is 25.6 Å². The van der Waals surface area contributed by atoms with Crippen molar-refractivity contribution in [2.24, 2.45) is 0 Å². The molecular weight excluding hydrogens is 306 g/mol. The third-order valence-corrected chi connectivity index (χ3v) is 3.45. The van der Waals surface area contributed by atoms with E-state index in [1.54, 1.807) is 19.2 Å². The lowest BCUT2D eigenvalue weighted by molar-refractivity contribution is -0.114. The topological polar surface area (TPSA) is 80.3 Å². The Morgan fingerprint density at radius 2 is 1.92 bits per heavy atom. The number of nitrogens with one attached hydrogen (secondary N) is 2. The minimum Gasteiger partial charge on any atom is -0.383 e. The highest BCUT2D eigenvalue weighted by Crippen LogP contribution is 2.24. The molecule has 1 aromatic heterocycles. The van der Waals surface area contributed by atoms with Crippen molar-refractivity contribution in [3.8, 4) is 11.3 Å². The van der Waals surface area contributed by atoms with Gasteiger partial charge in [-0.25, -0.2) is 4.98 Å². The fourth-order valence-corrected chi connectivity index (χ4v) is 2.28. The maximum atomic E-state index is 12.3. The Bertz CT molecular complexity index is 744. The quantitative estimate of drug-likeness (QED) is 0.798. The smallest absolute Gasteiger partial charge is 0.255 e. The number of anilines is 1. The van der Waals surface area contributed by atoms with Gasteiger partial charge in [0.1, 0.15) is 5.82 Å². The Morgan fingerprint density at radius 1 is 1.17 bits per heavy atom. The van der Waals surface area contributed by atoms with E-state index >= 15 is 0 Å². The molecular formula is C18H21N3O3. The van der Waals surface area contributed by atoms with Crippen molar-refractivity contribution in [3.05, 3.63) is 47.5 Å². The number of benzene rings is 1. The van der Waals surface area contributed by atoms with Crippen LogP contribution >= 0.6 is 0 Å². The molecule has 0 fully saturated rings. The monoisotopic (exact) mass is 327 g/mol. The van der Waals surface area contributed by atoms with Gasteiger partial charge in [-0.15, -0.1) is 0 Å². The Morgan fingerprint density at radius 3 is 2.58 bits per heavy atom. The van der Waals surface area contributed by atoms with Crippen LogP contribution in [0.1, 0.15) is 22.8 Å². The molecule has 0 bridgehead atoms. The van der Waals surface area contributed by atoms with Gasteiger partial charge in [0.25, 0.3) is 5.91 Å². The summed E-state index contributed by atoms with van der Waals surface area (Å²) in [5.41, 5.74) is 3.04. The molecule has 0 atom stereocenters. The largest absolute Gasteiger partial charge is 0.383 e. The molecule has 1 aromatic carbocycles. The van der Waals surface area contributed by atoms with Crippen molar-refractivity contribution in [1.82, 2.24) is 10.3 Å². The summed E-state index contributed by atoms with van der Waals surface area (Å²) < 4.78 is 4.91. The number of pyridine rings is 1. The molecule has 126 valence electrons. The van der Waals surface area contributed by atoms with E-state index in [-0.39, 0.29) is 17.6 Å². The Labute approximate surface area is 141 Å². The van der Waals surface area contributed by atoms with E-state index in [0.29, 0.717) is 24.4 Å². The zero-order valence-corrected chi connectivity index (χ0v) is 14.1. The Kier molecular flexibility index (Phi) is 6.03. The summed E-state index contributed by atoms with van der Waals surface area (Å²) in [5.74, 6) is -0.340. The van der Waals surface area contributed by atoms with Gasteiger partial charge in [0.05, 0.1) is 17.9 Å². The molecule has 0 aliphatic carbocycles. The number of carbonyl (C=O) groups is 2. The van der Waals surface area contributed by atoms with Gasteiger partial charge >= 0.3 is 0 Å². The molecule has 0 saturated heterocycles. The summed E-state index contributed by atoms with van der Waals surface area (Å²) in [4.78, 5) is 28.2. The van der Waals surface area contributed by atoms with Crippen LogP contribution in [0.15, 0.2) is 36.4 Å². The molecule has 2 rings (SSSR count). The fraction of sp³-hybridized carbons (Fsp3) is 0.278. The van der Waals surface area contributed by atoms with Crippen LogP contribution in [-0.4, -0.2) is 37.1 Å². The number of ether oxygens (including phenoxy) is 1. The Hall–Kier alpha value is -2.73. The van der Waals surface area contributed by atoms with Gasteiger partial charge in [-0.05, 0) is 24.6 Å². The zero-order valence-electron chi connectivity index (χ0n) is 14.1. The van der Waals surface area contributed by atoms with Gasteiger partial charge in [-0.1, -0.05) is 24.3 Å². The van der Waals surface area contributed by atoms with Crippen LogP contribution < -0.4 is 10.6 Å². The lowest BCUT2D eigenvalue weighted by atomic mass is 10.0. The summed E-state index contributed by atoms with van der Waals surface area (Å²) in [5, 5.41) is 5.36. The van der Waals surface area contributed by atoms with Crippen LogP contribution in [0.25, 0.3) is 11.3 Å². The van der Waals surface area contributed by atoms with Gasteiger partial charge in [0.2, 0.25) is 5.91 Å². The van der Waals surface area contributed by atoms with Gasteiger partial charge in [-0.2, -0.15) is 0 Å². The number of nitrogens with zero attached hydrogens (tertiary/aromatic N) is 1. The standard InChI is InChI=1S/C18H21N3O3/c1-12-6-4-5-7-14(12)16-9-8-15(17(21-16)20-13(2)22)18(23)19-10-11-24-3/h4-9H,10-11H2,1-3H3,(H,19,23)(H,20,21,22). The molecule has 2 amide bonds. The molecule has 0 saturated carbocycles. The SMILES string of the molecule is COCCNC(=O)c1ccc(-c2ccccc2C)nc1NC(C)=O. The molecule has 0 unspecified atom stereocenters. The maximum absolute atomic E-state index is 12.3. The number of aryl methyl sites for hydroxylation is 1. The average Bonchev–Trinajstić information content (AvgIpc) is 2.55. The second kappa shape index (κ2) is 8.21. The molecule has 1 heterocycles. The fourth-order valence-electron chi connectivity index (χ4n) is 2.28. The van der Waals surface area contributed by atoms with E-state index in [4.69, 9.17) is 4.74 Å². The van der Waals surface area contributed by atoms with Crippen LogP contribution in [0.2, 0.25) is 0 Å². The molecule has 0 spiro atoms. The minimum absolute atomic E-state index is 0.248. The number of aromatic nitrogens is 1. The number of methoxy groups -OCH3 is 1. The molecule has 24 heavy (non-hydrogen) atoms. The first-order chi connectivity index (χ1) is 11.5. The molecule has 0 aliphatic heterocycles. The molecule has 0 aliphatic rings. The second-order valence-electron chi connectivity index (χ2n) is 5.34. The van der Waals surface area contributed by atoms with Crippen molar-refractivity contribution >= 4 is 17.6 Å². The van der Waals surface area contributed by atoms with Gasteiger partial charge in [0.15, 0.2) is 0 Å². The lowest BCUT2D eigenvalue weighted by Crippen LogP contribution is -2.28. The molecule has 6 nitrogen and oxygen atoms in total. The summed E-state index contributed by atoms with van der Waals surface area (Å²) in [6.07, 6.45) is 0. The van der Waals surface area contributed by atoms with E-state index in [1.807, 2.05) is 31.2 Å². The summed E-state index contributed by atoms with van der Waals surface area (Å²) in [6.45, 7) is 4.17. The van der Waals surface area contributed by atoms with Crippen molar-refractivity contribution in [3.63, 3.8) is 0 Å². The minimum atomic E-state index is -0.306. The number of rotatable bonds is 6.